The summed E-state index contributed by atoms with van der Waals surface area (Å²) in [5.41, 5.74) is 0. The van der Waals surface area contributed by atoms with Crippen LogP contribution in [-0.2, 0) is 4.79 Å². The van der Waals surface area contributed by atoms with Crippen LogP contribution >= 0.6 is 0 Å². The molecule has 0 aromatic heterocycles. The predicted molar refractivity (Wildman–Crippen MR) is 73.1 cm³/mol. The summed E-state index contributed by atoms with van der Waals surface area (Å²) < 4.78 is 0. The van der Waals surface area contributed by atoms with Crippen molar-refractivity contribution < 1.29 is 4.79 Å². The predicted octanol–water partition coefficient (Wildman–Crippen LogP) is 3.36. The van der Waals surface area contributed by atoms with Crippen molar-refractivity contribution >= 4 is 5.78 Å². The van der Waals surface area contributed by atoms with Crippen molar-refractivity contribution in [1.82, 2.24) is 4.90 Å². The lowest BCUT2D eigenvalue weighted by molar-refractivity contribution is -0.128. The zero-order chi connectivity index (χ0) is 12.8. The van der Waals surface area contributed by atoms with E-state index in [1.807, 2.05) is 0 Å². The van der Waals surface area contributed by atoms with E-state index in [9.17, 15) is 4.79 Å². The molecule has 1 fully saturated rings. The summed E-state index contributed by atoms with van der Waals surface area (Å²) in [7, 11) is 0. The second kappa shape index (κ2) is 7.15. The molecule has 17 heavy (non-hydrogen) atoms. The van der Waals surface area contributed by atoms with E-state index in [4.69, 9.17) is 0 Å². The average Bonchev–Trinajstić information content (AvgIpc) is 2.23. The highest BCUT2D eigenvalue weighted by Gasteiger charge is 2.33. The minimum atomic E-state index is 0.296. The number of hydrogen-bond donors (Lipinski definition) is 0. The van der Waals surface area contributed by atoms with Crippen LogP contribution < -0.4 is 0 Å². The van der Waals surface area contributed by atoms with E-state index in [2.05, 4.69) is 32.6 Å². The molecule has 0 radical (unpaired) electrons. The van der Waals surface area contributed by atoms with Crippen molar-refractivity contribution in [3.63, 3.8) is 0 Å². The fourth-order valence-corrected chi connectivity index (χ4v) is 3.18. The number of ketones is 1. The van der Waals surface area contributed by atoms with Crippen LogP contribution in [0.1, 0.15) is 53.4 Å². The Kier molecular flexibility index (Phi) is 6.18. The third kappa shape index (κ3) is 4.42. The first-order valence-corrected chi connectivity index (χ1v) is 7.33. The maximum atomic E-state index is 12.1. The van der Waals surface area contributed by atoms with Gasteiger partial charge >= 0.3 is 0 Å². The number of carbonyl (C=O) groups excluding carboxylic acids is 1. The van der Waals surface area contributed by atoms with Gasteiger partial charge in [0.2, 0.25) is 0 Å². The molecule has 0 N–H and O–H groups in total. The van der Waals surface area contributed by atoms with E-state index < -0.39 is 0 Å². The van der Waals surface area contributed by atoms with Gasteiger partial charge in [0.05, 0.1) is 0 Å². The lowest BCUT2D eigenvalue weighted by Crippen LogP contribution is -2.40. The third-order valence-electron chi connectivity index (χ3n) is 3.96. The molecule has 0 bridgehead atoms. The van der Waals surface area contributed by atoms with Gasteiger partial charge in [-0.1, -0.05) is 27.7 Å². The number of hydrogen-bond acceptors (Lipinski definition) is 2. The van der Waals surface area contributed by atoms with Crippen LogP contribution in [0.4, 0.5) is 0 Å². The summed E-state index contributed by atoms with van der Waals surface area (Å²) in [5, 5.41) is 0. The first-order chi connectivity index (χ1) is 8.08. The summed E-state index contributed by atoms with van der Waals surface area (Å²) in [6, 6.07) is 0. The summed E-state index contributed by atoms with van der Waals surface area (Å²) in [6.45, 7) is 12.2. The molecule has 3 unspecified atom stereocenters. The molecule has 2 nitrogen and oxygen atoms in total. The van der Waals surface area contributed by atoms with E-state index in [1.54, 1.807) is 0 Å². The molecular weight excluding hydrogens is 210 g/mol. The number of carbonyl (C=O) groups is 1. The fourth-order valence-electron chi connectivity index (χ4n) is 3.18. The van der Waals surface area contributed by atoms with E-state index in [0.29, 0.717) is 23.5 Å². The second-order valence-corrected chi connectivity index (χ2v) is 5.90. The summed E-state index contributed by atoms with van der Waals surface area (Å²) >= 11 is 0. The molecular formula is C15H29NO. The number of nitrogens with zero attached hydrogens (tertiary/aromatic N) is 1. The summed E-state index contributed by atoms with van der Waals surface area (Å²) in [5.74, 6) is 1.97. The molecule has 1 aliphatic carbocycles. The van der Waals surface area contributed by atoms with Crippen molar-refractivity contribution in [2.24, 2.45) is 17.8 Å². The van der Waals surface area contributed by atoms with E-state index in [1.165, 1.54) is 19.3 Å². The van der Waals surface area contributed by atoms with Gasteiger partial charge in [-0.15, -0.1) is 0 Å². The lowest BCUT2D eigenvalue weighted by Gasteiger charge is -2.35. The van der Waals surface area contributed by atoms with Crippen LogP contribution in [0, 0.1) is 17.8 Å². The van der Waals surface area contributed by atoms with Gasteiger partial charge in [-0.2, -0.15) is 0 Å². The molecule has 0 aromatic carbocycles. The van der Waals surface area contributed by atoms with Crippen molar-refractivity contribution in [2.45, 2.75) is 53.4 Å². The van der Waals surface area contributed by atoms with Gasteiger partial charge in [0, 0.05) is 18.9 Å². The molecule has 100 valence electrons. The Hall–Kier alpha value is -0.370. The molecule has 0 saturated heterocycles. The minimum absolute atomic E-state index is 0.296. The van der Waals surface area contributed by atoms with Crippen LogP contribution in [0.15, 0.2) is 0 Å². The zero-order valence-electron chi connectivity index (χ0n) is 12.0. The van der Waals surface area contributed by atoms with Crippen molar-refractivity contribution in [3.8, 4) is 0 Å². The van der Waals surface area contributed by atoms with Crippen molar-refractivity contribution in [2.75, 3.05) is 19.6 Å². The Balaban J connectivity index is 2.54. The molecule has 1 saturated carbocycles. The highest BCUT2D eigenvalue weighted by molar-refractivity contribution is 5.82. The molecule has 1 aliphatic rings. The van der Waals surface area contributed by atoms with Gasteiger partial charge in [-0.3, -0.25) is 4.79 Å². The summed E-state index contributed by atoms with van der Waals surface area (Å²) in [6.07, 6.45) is 4.40. The topological polar surface area (TPSA) is 20.3 Å². The highest BCUT2D eigenvalue weighted by Crippen LogP contribution is 2.31. The van der Waals surface area contributed by atoms with Gasteiger partial charge in [0.15, 0.2) is 0 Å². The monoisotopic (exact) mass is 239 g/mol. The van der Waals surface area contributed by atoms with Gasteiger partial charge < -0.3 is 4.90 Å². The van der Waals surface area contributed by atoms with Crippen molar-refractivity contribution in [1.29, 1.82) is 0 Å². The minimum Gasteiger partial charge on any atom is -0.303 e. The largest absolute Gasteiger partial charge is 0.303 e. The Morgan fingerprint density at radius 3 is 2.24 bits per heavy atom. The lowest BCUT2D eigenvalue weighted by atomic mass is 9.74. The SMILES string of the molecule is CCCN(CCC)CC1C(=O)CC(C)CC1C. The number of rotatable bonds is 6. The first kappa shape index (κ1) is 14.7. The molecule has 0 amide bonds. The summed E-state index contributed by atoms with van der Waals surface area (Å²) in [4.78, 5) is 14.6. The molecule has 0 aromatic rings. The molecule has 3 atom stereocenters. The zero-order valence-corrected chi connectivity index (χ0v) is 12.0. The van der Waals surface area contributed by atoms with Gasteiger partial charge in [-0.05, 0) is 44.2 Å². The Labute approximate surface area is 107 Å². The van der Waals surface area contributed by atoms with Crippen LogP contribution in [-0.4, -0.2) is 30.3 Å². The van der Waals surface area contributed by atoms with Crippen LogP contribution in [0.25, 0.3) is 0 Å². The number of Topliss-reactive ketones (excluding diaryl/α,β-unsaturated/α-hetero) is 1. The smallest absolute Gasteiger partial charge is 0.137 e. The first-order valence-electron chi connectivity index (χ1n) is 7.33. The molecule has 0 aliphatic heterocycles. The maximum absolute atomic E-state index is 12.1. The molecule has 0 heterocycles. The second-order valence-electron chi connectivity index (χ2n) is 5.90. The standard InChI is InChI=1S/C15H29NO/c1-5-7-16(8-6-2)11-14-13(4)9-12(3)10-15(14)17/h12-14H,5-11H2,1-4H3. The Morgan fingerprint density at radius 1 is 1.18 bits per heavy atom. The maximum Gasteiger partial charge on any atom is 0.137 e. The van der Waals surface area contributed by atoms with Crippen LogP contribution in [0.2, 0.25) is 0 Å². The average molecular weight is 239 g/mol. The molecule has 1 rings (SSSR count). The Bertz CT molecular complexity index is 233. The molecule has 0 spiro atoms. The van der Waals surface area contributed by atoms with Gasteiger partial charge in [0.1, 0.15) is 5.78 Å². The van der Waals surface area contributed by atoms with Crippen LogP contribution in [0.5, 0.6) is 0 Å². The van der Waals surface area contributed by atoms with Gasteiger partial charge in [0.25, 0.3) is 0 Å². The van der Waals surface area contributed by atoms with Gasteiger partial charge in [-0.25, -0.2) is 0 Å². The van der Waals surface area contributed by atoms with E-state index in [-0.39, 0.29) is 0 Å². The third-order valence-corrected chi connectivity index (χ3v) is 3.96. The quantitative estimate of drug-likeness (QED) is 0.708. The van der Waals surface area contributed by atoms with E-state index >= 15 is 0 Å². The normalized spacial score (nSPS) is 29.9. The highest BCUT2D eigenvalue weighted by atomic mass is 16.1. The molecule has 2 heteroatoms. The Morgan fingerprint density at radius 2 is 1.76 bits per heavy atom. The van der Waals surface area contributed by atoms with E-state index in [0.717, 1.165) is 26.1 Å². The fraction of sp³-hybridized carbons (Fsp3) is 0.933. The van der Waals surface area contributed by atoms with Crippen LogP contribution in [0.3, 0.4) is 0 Å². The van der Waals surface area contributed by atoms with Crippen molar-refractivity contribution in [3.05, 3.63) is 0 Å².